The van der Waals surface area contributed by atoms with Gasteiger partial charge in [0.15, 0.2) is 23.1 Å². The predicted molar refractivity (Wildman–Crippen MR) is 87.8 cm³/mol. The summed E-state index contributed by atoms with van der Waals surface area (Å²) in [4.78, 5) is 0. The van der Waals surface area contributed by atoms with Gasteiger partial charge in [0, 0.05) is 0 Å². The van der Waals surface area contributed by atoms with Crippen LogP contribution in [-0.2, 0) is 0 Å². The maximum Gasteiger partial charge on any atom is 0.184 e. The summed E-state index contributed by atoms with van der Waals surface area (Å²) < 4.78 is 19.8. The minimum Gasteiger partial charge on any atom is -0.504 e. The summed E-state index contributed by atoms with van der Waals surface area (Å²) in [6, 6.07) is 8.30. The molecule has 0 aliphatic heterocycles. The van der Waals surface area contributed by atoms with Crippen molar-refractivity contribution >= 4 is 11.6 Å². The Kier molecular flexibility index (Phi) is 4.97. The van der Waals surface area contributed by atoms with Crippen LogP contribution in [0.5, 0.6) is 17.2 Å². The lowest BCUT2D eigenvalue weighted by Crippen LogP contribution is -1.96. The van der Waals surface area contributed by atoms with E-state index in [2.05, 4.69) is 0 Å². The van der Waals surface area contributed by atoms with Crippen LogP contribution < -0.4 is 4.74 Å². The number of hydrogen-bond donors (Lipinski definition) is 1. The molecule has 0 aliphatic carbocycles. The predicted octanol–water partition coefficient (Wildman–Crippen LogP) is 6.22. The average Bonchev–Trinajstić information content (AvgIpc) is 2.45. The zero-order valence-electron chi connectivity index (χ0n) is 13.2. The first-order valence-corrected chi connectivity index (χ1v) is 7.67. The Hall–Kier alpha value is -1.74. The quantitative estimate of drug-likeness (QED) is 0.723. The van der Waals surface area contributed by atoms with Crippen molar-refractivity contribution in [3.05, 3.63) is 52.3 Å². The molecule has 0 fully saturated rings. The van der Waals surface area contributed by atoms with E-state index in [0.717, 1.165) is 11.1 Å². The molecule has 0 bridgehead atoms. The Morgan fingerprint density at radius 3 is 2.14 bits per heavy atom. The third-order valence-electron chi connectivity index (χ3n) is 3.55. The summed E-state index contributed by atoms with van der Waals surface area (Å²) in [6.45, 7) is 8.05. The number of hydrogen-bond acceptors (Lipinski definition) is 2. The molecule has 118 valence electrons. The van der Waals surface area contributed by atoms with Crippen molar-refractivity contribution in [2.75, 3.05) is 0 Å². The zero-order chi connectivity index (χ0) is 16.4. The molecule has 0 aliphatic rings. The molecule has 4 heteroatoms. The SMILES string of the molecule is CC(C)c1ccc(O)c(Oc2cc(C(C)C)cc(Cl)c2F)c1. The van der Waals surface area contributed by atoms with Gasteiger partial charge in [-0.2, -0.15) is 0 Å². The molecule has 0 amide bonds. The van der Waals surface area contributed by atoms with Crippen LogP contribution in [0, 0.1) is 5.82 Å². The van der Waals surface area contributed by atoms with Gasteiger partial charge >= 0.3 is 0 Å². The second kappa shape index (κ2) is 6.57. The Morgan fingerprint density at radius 1 is 0.955 bits per heavy atom. The minimum absolute atomic E-state index is 0.0145. The van der Waals surface area contributed by atoms with Crippen molar-refractivity contribution in [2.45, 2.75) is 39.5 Å². The van der Waals surface area contributed by atoms with Crippen LogP contribution in [0.2, 0.25) is 5.02 Å². The first-order chi connectivity index (χ1) is 10.3. The molecule has 2 aromatic carbocycles. The zero-order valence-corrected chi connectivity index (χ0v) is 13.9. The molecule has 22 heavy (non-hydrogen) atoms. The Bertz CT molecular complexity index is 681. The Morgan fingerprint density at radius 2 is 1.55 bits per heavy atom. The van der Waals surface area contributed by atoms with Gasteiger partial charge in [-0.25, -0.2) is 4.39 Å². The standard InChI is InChI=1S/C18H20ClFO2/c1-10(2)12-5-6-15(21)16(8-12)22-17-9-13(11(3)4)7-14(19)18(17)20/h5-11,21H,1-4H3. The first-order valence-electron chi connectivity index (χ1n) is 7.29. The van der Waals surface area contributed by atoms with Gasteiger partial charge in [-0.15, -0.1) is 0 Å². The highest BCUT2D eigenvalue weighted by Gasteiger charge is 2.15. The van der Waals surface area contributed by atoms with E-state index in [1.807, 2.05) is 33.8 Å². The normalized spacial score (nSPS) is 11.3. The van der Waals surface area contributed by atoms with Gasteiger partial charge in [-0.3, -0.25) is 0 Å². The molecule has 0 heterocycles. The number of ether oxygens (including phenoxy) is 1. The number of phenols is 1. The highest BCUT2D eigenvalue weighted by molar-refractivity contribution is 6.31. The van der Waals surface area contributed by atoms with E-state index in [-0.39, 0.29) is 34.1 Å². The van der Waals surface area contributed by atoms with E-state index in [1.165, 1.54) is 0 Å². The first kappa shape index (κ1) is 16.6. The van der Waals surface area contributed by atoms with Gasteiger partial charge < -0.3 is 9.84 Å². The van der Waals surface area contributed by atoms with Gasteiger partial charge in [0.25, 0.3) is 0 Å². The number of halogens is 2. The van der Waals surface area contributed by atoms with E-state index >= 15 is 0 Å². The molecule has 0 saturated carbocycles. The fourth-order valence-corrected chi connectivity index (χ4v) is 2.30. The lowest BCUT2D eigenvalue weighted by molar-refractivity contribution is 0.394. The molecular weight excluding hydrogens is 303 g/mol. The third kappa shape index (κ3) is 3.53. The van der Waals surface area contributed by atoms with Crippen molar-refractivity contribution in [3.63, 3.8) is 0 Å². The highest BCUT2D eigenvalue weighted by Crippen LogP contribution is 2.37. The summed E-state index contributed by atoms with van der Waals surface area (Å²) in [5, 5.41) is 9.95. The van der Waals surface area contributed by atoms with Crippen LogP contribution in [-0.4, -0.2) is 5.11 Å². The third-order valence-corrected chi connectivity index (χ3v) is 3.83. The highest BCUT2D eigenvalue weighted by atomic mass is 35.5. The molecule has 1 N–H and O–H groups in total. The number of rotatable bonds is 4. The summed E-state index contributed by atoms with van der Waals surface area (Å²) >= 11 is 5.93. The fourth-order valence-electron chi connectivity index (χ4n) is 2.08. The number of phenolic OH excluding ortho intramolecular Hbond substituents is 1. The average molecular weight is 323 g/mol. The van der Waals surface area contributed by atoms with E-state index in [9.17, 15) is 9.50 Å². The lowest BCUT2D eigenvalue weighted by Gasteiger charge is -2.14. The smallest absolute Gasteiger partial charge is 0.184 e. The van der Waals surface area contributed by atoms with Crippen molar-refractivity contribution in [2.24, 2.45) is 0 Å². The van der Waals surface area contributed by atoms with Crippen LogP contribution in [0.25, 0.3) is 0 Å². The molecule has 0 spiro atoms. The second-order valence-corrected chi connectivity index (χ2v) is 6.36. The molecular formula is C18H20ClFO2. The topological polar surface area (TPSA) is 29.5 Å². The number of aromatic hydroxyl groups is 1. The van der Waals surface area contributed by atoms with Gasteiger partial charge in [0.2, 0.25) is 0 Å². The van der Waals surface area contributed by atoms with Gasteiger partial charge in [0.05, 0.1) is 5.02 Å². The van der Waals surface area contributed by atoms with Crippen LogP contribution in [0.15, 0.2) is 30.3 Å². The van der Waals surface area contributed by atoms with E-state index < -0.39 is 5.82 Å². The van der Waals surface area contributed by atoms with E-state index in [1.54, 1.807) is 24.3 Å². The van der Waals surface area contributed by atoms with Gasteiger partial charge in [-0.1, -0.05) is 45.4 Å². The largest absolute Gasteiger partial charge is 0.504 e. The molecule has 0 atom stereocenters. The van der Waals surface area contributed by atoms with Crippen molar-refractivity contribution in [1.29, 1.82) is 0 Å². The van der Waals surface area contributed by atoms with Crippen LogP contribution in [0.1, 0.15) is 50.7 Å². The summed E-state index contributed by atoms with van der Waals surface area (Å²) in [5.41, 5.74) is 1.88. The van der Waals surface area contributed by atoms with Crippen LogP contribution in [0.3, 0.4) is 0 Å². The lowest BCUT2D eigenvalue weighted by atomic mass is 10.0. The molecule has 2 nitrogen and oxygen atoms in total. The Labute approximate surface area is 135 Å². The molecule has 2 rings (SSSR count). The monoisotopic (exact) mass is 322 g/mol. The van der Waals surface area contributed by atoms with Crippen molar-refractivity contribution in [3.8, 4) is 17.2 Å². The summed E-state index contributed by atoms with van der Waals surface area (Å²) in [6.07, 6.45) is 0. The molecule has 0 saturated heterocycles. The summed E-state index contributed by atoms with van der Waals surface area (Å²) in [7, 11) is 0. The Balaban J connectivity index is 2.44. The van der Waals surface area contributed by atoms with E-state index in [0.29, 0.717) is 0 Å². The minimum atomic E-state index is -0.625. The van der Waals surface area contributed by atoms with Gasteiger partial charge in [-0.05, 0) is 47.2 Å². The molecule has 0 aromatic heterocycles. The van der Waals surface area contributed by atoms with Crippen LogP contribution in [0.4, 0.5) is 4.39 Å². The fraction of sp³-hybridized carbons (Fsp3) is 0.333. The maximum absolute atomic E-state index is 14.2. The maximum atomic E-state index is 14.2. The van der Waals surface area contributed by atoms with Crippen LogP contribution >= 0.6 is 11.6 Å². The molecule has 0 unspecified atom stereocenters. The van der Waals surface area contributed by atoms with E-state index in [4.69, 9.17) is 16.3 Å². The number of benzene rings is 2. The van der Waals surface area contributed by atoms with Crippen molar-refractivity contribution in [1.82, 2.24) is 0 Å². The molecule has 0 radical (unpaired) electrons. The second-order valence-electron chi connectivity index (χ2n) is 5.95. The van der Waals surface area contributed by atoms with Crippen molar-refractivity contribution < 1.29 is 14.2 Å². The summed E-state index contributed by atoms with van der Waals surface area (Å²) in [5.74, 6) is 0.0548. The molecule has 2 aromatic rings. The van der Waals surface area contributed by atoms with Gasteiger partial charge in [0.1, 0.15) is 0 Å².